The molecule has 0 bridgehead atoms. The molecule has 0 spiro atoms. The number of ether oxygens (including phenoxy) is 2. The highest BCUT2D eigenvalue weighted by Gasteiger charge is 2.22. The van der Waals surface area contributed by atoms with Crippen LogP contribution in [-0.2, 0) is 9.47 Å². The molecular formula is C7H9BO4S. The first-order valence-corrected chi connectivity index (χ1v) is 4.78. The Hall–Kier alpha value is -0.395. The highest BCUT2D eigenvalue weighted by atomic mass is 32.1. The Balaban J connectivity index is 2.12. The van der Waals surface area contributed by atoms with Gasteiger partial charge < -0.3 is 19.5 Å². The summed E-state index contributed by atoms with van der Waals surface area (Å²) in [6.07, 6.45) is -0.322. The Bertz CT molecular complexity index is 282. The number of thiophene rings is 1. The van der Waals surface area contributed by atoms with E-state index in [4.69, 9.17) is 19.5 Å². The first kappa shape index (κ1) is 9.17. The van der Waals surface area contributed by atoms with Crippen LogP contribution in [0.25, 0.3) is 0 Å². The zero-order valence-electron chi connectivity index (χ0n) is 6.84. The summed E-state index contributed by atoms with van der Waals surface area (Å²) in [7, 11) is -1.40. The molecule has 4 nitrogen and oxygen atoms in total. The predicted molar refractivity (Wildman–Crippen MR) is 48.8 cm³/mol. The van der Waals surface area contributed by atoms with Gasteiger partial charge in [-0.25, -0.2) is 0 Å². The summed E-state index contributed by atoms with van der Waals surface area (Å²) >= 11 is 1.29. The minimum Gasteiger partial charge on any atom is -0.423 e. The van der Waals surface area contributed by atoms with Crippen LogP contribution in [-0.4, -0.2) is 30.4 Å². The molecule has 0 saturated carbocycles. The average molecular weight is 200 g/mol. The van der Waals surface area contributed by atoms with Gasteiger partial charge in [0.1, 0.15) is 0 Å². The van der Waals surface area contributed by atoms with Crippen LogP contribution in [0.15, 0.2) is 12.1 Å². The fourth-order valence-corrected chi connectivity index (χ4v) is 2.04. The van der Waals surface area contributed by atoms with Crippen LogP contribution in [0.5, 0.6) is 0 Å². The third kappa shape index (κ3) is 1.92. The van der Waals surface area contributed by atoms with Crippen molar-refractivity contribution in [3.05, 3.63) is 17.0 Å². The molecule has 2 N–H and O–H groups in total. The van der Waals surface area contributed by atoms with Gasteiger partial charge in [0.25, 0.3) is 0 Å². The van der Waals surface area contributed by atoms with Gasteiger partial charge in [-0.05, 0) is 6.07 Å². The van der Waals surface area contributed by atoms with E-state index in [0.29, 0.717) is 18.0 Å². The van der Waals surface area contributed by atoms with Crippen molar-refractivity contribution in [2.45, 2.75) is 6.29 Å². The third-order valence-electron chi connectivity index (χ3n) is 1.76. The number of hydrogen-bond donors (Lipinski definition) is 2. The first-order chi connectivity index (χ1) is 6.27. The Morgan fingerprint density at radius 2 is 2.00 bits per heavy atom. The molecule has 70 valence electrons. The first-order valence-electron chi connectivity index (χ1n) is 3.96. The minimum absolute atomic E-state index is 0.322. The average Bonchev–Trinajstić information content (AvgIpc) is 2.75. The lowest BCUT2D eigenvalue weighted by molar-refractivity contribution is -0.0413. The van der Waals surface area contributed by atoms with Gasteiger partial charge in [-0.3, -0.25) is 0 Å². The number of hydrogen-bond acceptors (Lipinski definition) is 5. The van der Waals surface area contributed by atoms with Crippen LogP contribution in [0, 0.1) is 0 Å². The molecule has 0 unspecified atom stereocenters. The summed E-state index contributed by atoms with van der Waals surface area (Å²) in [5.74, 6) is 0. The lowest BCUT2D eigenvalue weighted by Gasteiger charge is -2.04. The molecule has 0 aliphatic carbocycles. The molecule has 1 saturated heterocycles. The summed E-state index contributed by atoms with van der Waals surface area (Å²) < 4.78 is 11.0. The Kier molecular flexibility index (Phi) is 2.66. The van der Waals surface area contributed by atoms with Crippen molar-refractivity contribution >= 4 is 23.2 Å². The topological polar surface area (TPSA) is 58.9 Å². The lowest BCUT2D eigenvalue weighted by atomic mass is 9.90. The van der Waals surface area contributed by atoms with Crippen LogP contribution < -0.4 is 4.78 Å². The highest BCUT2D eigenvalue weighted by molar-refractivity contribution is 7.22. The molecule has 1 aliphatic heterocycles. The zero-order chi connectivity index (χ0) is 9.26. The number of rotatable bonds is 2. The molecule has 0 atom stereocenters. The summed E-state index contributed by atoms with van der Waals surface area (Å²) in [6, 6.07) is 3.45. The van der Waals surface area contributed by atoms with E-state index < -0.39 is 7.12 Å². The zero-order valence-corrected chi connectivity index (χ0v) is 7.66. The van der Waals surface area contributed by atoms with Crippen LogP contribution >= 0.6 is 11.3 Å². The van der Waals surface area contributed by atoms with E-state index in [0.717, 1.165) is 4.88 Å². The molecule has 0 radical (unpaired) electrons. The fraction of sp³-hybridized carbons (Fsp3) is 0.429. The monoisotopic (exact) mass is 200 g/mol. The van der Waals surface area contributed by atoms with Crippen molar-refractivity contribution in [3.8, 4) is 0 Å². The maximum Gasteiger partial charge on any atom is 0.499 e. The smallest absolute Gasteiger partial charge is 0.423 e. The highest BCUT2D eigenvalue weighted by Crippen LogP contribution is 2.25. The molecule has 13 heavy (non-hydrogen) atoms. The maximum absolute atomic E-state index is 8.86. The van der Waals surface area contributed by atoms with Gasteiger partial charge >= 0.3 is 7.12 Å². The van der Waals surface area contributed by atoms with Crippen molar-refractivity contribution in [2.75, 3.05) is 13.2 Å². The summed E-state index contributed by atoms with van der Waals surface area (Å²) in [4.78, 5) is 0.876. The Labute approximate surface area is 79.9 Å². The quantitative estimate of drug-likeness (QED) is 0.630. The standard InChI is InChI=1S/C7H9BO4S/c9-8(10)6-2-1-5(13-6)7-11-3-4-12-7/h1-2,7,9-10H,3-4H2. The molecule has 1 aromatic heterocycles. The molecule has 6 heteroatoms. The predicted octanol–water partition coefficient (Wildman–Crippen LogP) is -0.527. The van der Waals surface area contributed by atoms with Crippen LogP contribution in [0.1, 0.15) is 11.2 Å². The fourth-order valence-electron chi connectivity index (χ4n) is 1.16. The summed E-state index contributed by atoms with van der Waals surface area (Å²) in [6.45, 7) is 1.19. The van der Waals surface area contributed by atoms with Crippen LogP contribution in [0.4, 0.5) is 0 Å². The van der Waals surface area contributed by atoms with Gasteiger partial charge in [0, 0.05) is 4.78 Å². The van der Waals surface area contributed by atoms with Crippen LogP contribution in [0.2, 0.25) is 0 Å². The second kappa shape index (κ2) is 3.77. The molecular weight excluding hydrogens is 191 g/mol. The van der Waals surface area contributed by atoms with E-state index >= 15 is 0 Å². The van der Waals surface area contributed by atoms with Crippen molar-refractivity contribution in [1.82, 2.24) is 0 Å². The van der Waals surface area contributed by atoms with Crippen LogP contribution in [0.3, 0.4) is 0 Å². The van der Waals surface area contributed by atoms with Gasteiger partial charge in [-0.1, -0.05) is 6.07 Å². The van der Waals surface area contributed by atoms with E-state index in [-0.39, 0.29) is 6.29 Å². The second-order valence-electron chi connectivity index (χ2n) is 2.69. The Morgan fingerprint density at radius 1 is 1.31 bits per heavy atom. The third-order valence-corrected chi connectivity index (χ3v) is 2.90. The molecule has 2 heterocycles. The summed E-state index contributed by atoms with van der Waals surface area (Å²) in [5.41, 5.74) is 0. The summed E-state index contributed by atoms with van der Waals surface area (Å²) in [5, 5.41) is 17.7. The van der Waals surface area contributed by atoms with E-state index in [1.807, 2.05) is 0 Å². The molecule has 1 aliphatic rings. The lowest BCUT2D eigenvalue weighted by Crippen LogP contribution is -2.26. The van der Waals surface area contributed by atoms with Gasteiger partial charge in [-0.15, -0.1) is 11.3 Å². The largest absolute Gasteiger partial charge is 0.499 e. The molecule has 1 fully saturated rings. The van der Waals surface area contributed by atoms with E-state index in [1.165, 1.54) is 11.3 Å². The van der Waals surface area contributed by atoms with E-state index in [9.17, 15) is 0 Å². The molecule has 2 rings (SSSR count). The van der Waals surface area contributed by atoms with Crippen molar-refractivity contribution < 1.29 is 19.5 Å². The van der Waals surface area contributed by atoms with Gasteiger partial charge in [0.2, 0.25) is 0 Å². The normalized spacial score (nSPS) is 18.0. The van der Waals surface area contributed by atoms with Gasteiger partial charge in [0.15, 0.2) is 6.29 Å². The van der Waals surface area contributed by atoms with Crippen molar-refractivity contribution in [3.63, 3.8) is 0 Å². The second-order valence-corrected chi connectivity index (χ2v) is 3.83. The van der Waals surface area contributed by atoms with E-state index in [1.54, 1.807) is 12.1 Å². The molecule has 0 aromatic carbocycles. The maximum atomic E-state index is 8.86. The van der Waals surface area contributed by atoms with Gasteiger partial charge in [-0.2, -0.15) is 0 Å². The van der Waals surface area contributed by atoms with Crippen molar-refractivity contribution in [1.29, 1.82) is 0 Å². The molecule has 1 aromatic rings. The SMILES string of the molecule is OB(O)c1ccc(C2OCCO2)s1. The van der Waals surface area contributed by atoms with Crippen molar-refractivity contribution in [2.24, 2.45) is 0 Å². The van der Waals surface area contributed by atoms with Gasteiger partial charge in [0.05, 0.1) is 18.1 Å². The Morgan fingerprint density at radius 3 is 2.54 bits per heavy atom. The minimum atomic E-state index is -1.40. The van der Waals surface area contributed by atoms with E-state index in [2.05, 4.69) is 0 Å². The molecule has 0 amide bonds.